The zero-order valence-corrected chi connectivity index (χ0v) is 14.1. The van der Waals surface area contributed by atoms with Gasteiger partial charge in [-0.1, -0.05) is 67.6 Å². The maximum atomic E-state index is 12.6. The molecule has 1 heterocycles. The average Bonchev–Trinajstić information content (AvgIpc) is 2.62. The Morgan fingerprint density at radius 3 is 2.28 bits per heavy atom. The van der Waals surface area contributed by atoms with Crippen LogP contribution in [0.5, 0.6) is 0 Å². The number of rotatable bonds is 4. The molecule has 2 aromatic rings. The first kappa shape index (κ1) is 17.2. The number of hydrogen-bond acceptors (Lipinski definition) is 5. The van der Waals surface area contributed by atoms with E-state index in [9.17, 15) is 9.59 Å². The number of carbonyl (C=O) groups excluding carboxylic acids is 2. The van der Waals surface area contributed by atoms with Crippen molar-refractivity contribution in [3.8, 4) is 0 Å². The van der Waals surface area contributed by atoms with Gasteiger partial charge in [0, 0.05) is 12.0 Å². The fourth-order valence-corrected chi connectivity index (χ4v) is 2.94. The Kier molecular flexibility index (Phi) is 5.51. The van der Waals surface area contributed by atoms with Gasteiger partial charge in [-0.25, -0.2) is 0 Å². The molecule has 6 heteroatoms. The van der Waals surface area contributed by atoms with E-state index in [0.29, 0.717) is 18.4 Å². The SMILES string of the molecule is CC[C@@H]1C(=O)OB(c2ccccc2)OC(=O)CN1Cc1ccccc1. The smallest absolute Gasteiger partial charge is 0.494 e. The van der Waals surface area contributed by atoms with Gasteiger partial charge in [0.05, 0.1) is 6.54 Å². The van der Waals surface area contributed by atoms with Gasteiger partial charge in [0.2, 0.25) is 0 Å². The second-order valence-corrected chi connectivity index (χ2v) is 5.98. The van der Waals surface area contributed by atoms with Crippen LogP contribution in [0.25, 0.3) is 0 Å². The van der Waals surface area contributed by atoms with Crippen LogP contribution in [-0.4, -0.2) is 36.5 Å². The molecule has 0 unspecified atom stereocenters. The van der Waals surface area contributed by atoms with Crippen LogP contribution in [0.3, 0.4) is 0 Å². The van der Waals surface area contributed by atoms with Crippen molar-refractivity contribution in [3.63, 3.8) is 0 Å². The molecule has 2 aromatic carbocycles. The van der Waals surface area contributed by atoms with E-state index in [1.807, 2.05) is 55.5 Å². The van der Waals surface area contributed by atoms with Crippen molar-refractivity contribution in [2.75, 3.05) is 6.54 Å². The highest BCUT2D eigenvalue weighted by atomic mass is 16.6. The molecule has 0 aliphatic carbocycles. The molecule has 5 nitrogen and oxygen atoms in total. The van der Waals surface area contributed by atoms with Crippen LogP contribution in [0.2, 0.25) is 0 Å². The third-order valence-electron chi connectivity index (χ3n) is 4.19. The van der Waals surface area contributed by atoms with Gasteiger partial charge >= 0.3 is 19.1 Å². The third-order valence-corrected chi connectivity index (χ3v) is 4.19. The molecule has 0 N–H and O–H groups in total. The molecule has 128 valence electrons. The summed E-state index contributed by atoms with van der Waals surface area (Å²) in [4.78, 5) is 26.8. The minimum Gasteiger partial charge on any atom is -0.494 e. The first-order valence-electron chi connectivity index (χ1n) is 8.40. The van der Waals surface area contributed by atoms with Gasteiger partial charge in [0.15, 0.2) is 0 Å². The maximum absolute atomic E-state index is 12.6. The molecule has 0 radical (unpaired) electrons. The van der Waals surface area contributed by atoms with Crippen molar-refractivity contribution in [1.82, 2.24) is 4.90 Å². The predicted octanol–water partition coefficient (Wildman–Crippen LogP) is 1.76. The van der Waals surface area contributed by atoms with Crippen molar-refractivity contribution >= 4 is 24.5 Å². The Morgan fingerprint density at radius 1 is 1.00 bits per heavy atom. The Balaban J connectivity index is 1.81. The molecule has 1 saturated heterocycles. The van der Waals surface area contributed by atoms with Gasteiger partial charge in [-0.15, -0.1) is 0 Å². The van der Waals surface area contributed by atoms with Gasteiger partial charge in [0.1, 0.15) is 6.04 Å². The van der Waals surface area contributed by atoms with Crippen molar-refractivity contribution in [3.05, 3.63) is 66.2 Å². The maximum Gasteiger partial charge on any atom is 0.636 e. The largest absolute Gasteiger partial charge is 0.636 e. The van der Waals surface area contributed by atoms with Gasteiger partial charge in [-0.05, 0) is 12.0 Å². The molecule has 0 amide bonds. The van der Waals surface area contributed by atoms with E-state index in [2.05, 4.69) is 0 Å². The van der Waals surface area contributed by atoms with Crippen LogP contribution in [0.1, 0.15) is 18.9 Å². The highest BCUT2D eigenvalue weighted by molar-refractivity contribution is 6.64. The van der Waals surface area contributed by atoms with Gasteiger partial charge in [-0.3, -0.25) is 14.5 Å². The standard InChI is InChI=1S/C19H20BNO4/c1-2-17-19(23)25-20(16-11-7-4-8-12-16)24-18(22)14-21(17)13-15-9-5-3-6-10-15/h3-12,17H,2,13-14H2,1H3/t17-/m1/s1. The van der Waals surface area contributed by atoms with E-state index < -0.39 is 19.1 Å². The Morgan fingerprint density at radius 2 is 1.64 bits per heavy atom. The lowest BCUT2D eigenvalue weighted by Gasteiger charge is -2.32. The number of nitrogens with zero attached hydrogens (tertiary/aromatic N) is 1. The first-order valence-corrected chi connectivity index (χ1v) is 8.40. The normalized spacial score (nSPS) is 18.9. The summed E-state index contributed by atoms with van der Waals surface area (Å²) in [6.45, 7) is 2.44. The molecule has 1 aliphatic heterocycles. The summed E-state index contributed by atoms with van der Waals surface area (Å²) in [5, 5.41) is 0. The van der Waals surface area contributed by atoms with E-state index in [1.165, 1.54) is 0 Å². The Labute approximate surface area is 147 Å². The molecule has 0 bridgehead atoms. The quantitative estimate of drug-likeness (QED) is 0.796. The van der Waals surface area contributed by atoms with E-state index >= 15 is 0 Å². The molecule has 3 rings (SSSR count). The molecule has 1 aliphatic rings. The fraction of sp³-hybridized carbons (Fsp3) is 0.263. The summed E-state index contributed by atoms with van der Waals surface area (Å²) in [6, 6.07) is 18.3. The lowest BCUT2D eigenvalue weighted by Crippen LogP contribution is -2.53. The fourth-order valence-electron chi connectivity index (χ4n) is 2.94. The summed E-state index contributed by atoms with van der Waals surface area (Å²) in [5.74, 6) is -0.782. The van der Waals surface area contributed by atoms with Crippen LogP contribution in [0.15, 0.2) is 60.7 Å². The van der Waals surface area contributed by atoms with Crippen LogP contribution < -0.4 is 5.46 Å². The van der Waals surface area contributed by atoms with Gasteiger partial charge in [0.25, 0.3) is 0 Å². The lowest BCUT2D eigenvalue weighted by atomic mass is 9.78. The number of carbonyl (C=O) groups is 2. The van der Waals surface area contributed by atoms with E-state index in [0.717, 1.165) is 5.56 Å². The summed E-state index contributed by atoms with van der Waals surface area (Å²) < 4.78 is 10.9. The summed E-state index contributed by atoms with van der Waals surface area (Å²) in [7, 11) is -0.992. The highest BCUT2D eigenvalue weighted by Crippen LogP contribution is 2.15. The number of hydrogen-bond donors (Lipinski definition) is 0. The zero-order valence-electron chi connectivity index (χ0n) is 14.1. The molecule has 1 atom stereocenters. The van der Waals surface area contributed by atoms with E-state index in [4.69, 9.17) is 9.31 Å². The molecule has 0 aromatic heterocycles. The topological polar surface area (TPSA) is 55.8 Å². The Hall–Kier alpha value is -2.60. The second-order valence-electron chi connectivity index (χ2n) is 5.98. The zero-order chi connectivity index (χ0) is 17.6. The predicted molar refractivity (Wildman–Crippen MR) is 94.9 cm³/mol. The van der Waals surface area contributed by atoms with Crippen LogP contribution in [0.4, 0.5) is 0 Å². The van der Waals surface area contributed by atoms with Crippen molar-refractivity contribution in [2.45, 2.75) is 25.9 Å². The number of benzene rings is 2. The molecule has 1 fully saturated rings. The highest BCUT2D eigenvalue weighted by Gasteiger charge is 2.38. The van der Waals surface area contributed by atoms with Crippen molar-refractivity contribution in [2.24, 2.45) is 0 Å². The third kappa shape index (κ3) is 4.28. The Bertz CT molecular complexity index is 723. The van der Waals surface area contributed by atoms with Crippen LogP contribution in [0, 0.1) is 0 Å². The molecular weight excluding hydrogens is 317 g/mol. The monoisotopic (exact) mass is 337 g/mol. The first-order chi connectivity index (χ1) is 12.2. The minimum atomic E-state index is -0.992. The molecular formula is C19H20BNO4. The summed E-state index contributed by atoms with van der Waals surface area (Å²) >= 11 is 0. The molecule has 0 saturated carbocycles. The second kappa shape index (κ2) is 7.99. The summed E-state index contributed by atoms with van der Waals surface area (Å²) in [5.41, 5.74) is 1.68. The van der Waals surface area contributed by atoms with Crippen molar-refractivity contribution < 1.29 is 18.9 Å². The van der Waals surface area contributed by atoms with Gasteiger partial charge < -0.3 is 9.31 Å². The van der Waals surface area contributed by atoms with Gasteiger partial charge in [-0.2, -0.15) is 0 Å². The van der Waals surface area contributed by atoms with E-state index in [-0.39, 0.29) is 12.5 Å². The molecule has 25 heavy (non-hydrogen) atoms. The van der Waals surface area contributed by atoms with Crippen LogP contribution >= 0.6 is 0 Å². The van der Waals surface area contributed by atoms with Crippen LogP contribution in [-0.2, 0) is 25.4 Å². The average molecular weight is 337 g/mol. The van der Waals surface area contributed by atoms with Crippen molar-refractivity contribution in [1.29, 1.82) is 0 Å². The summed E-state index contributed by atoms with van der Waals surface area (Å²) in [6.07, 6.45) is 0.556. The lowest BCUT2D eigenvalue weighted by molar-refractivity contribution is -0.150. The molecule has 0 spiro atoms. The van der Waals surface area contributed by atoms with E-state index in [1.54, 1.807) is 17.0 Å². The minimum absolute atomic E-state index is 0.0475.